The first-order valence-electron chi connectivity index (χ1n) is 14.7. The molecule has 3 aliphatic rings. The summed E-state index contributed by atoms with van der Waals surface area (Å²) in [4.78, 5) is 69.6. The third kappa shape index (κ3) is 4.82. The summed E-state index contributed by atoms with van der Waals surface area (Å²) in [5.41, 5.74) is 4.12. The van der Waals surface area contributed by atoms with E-state index in [1.165, 1.54) is 28.7 Å². The van der Waals surface area contributed by atoms with E-state index in [9.17, 15) is 29.3 Å². The number of nitro benzene ring substituents is 1. The summed E-state index contributed by atoms with van der Waals surface area (Å²) in [7, 11) is 0. The van der Waals surface area contributed by atoms with Crippen LogP contribution >= 0.6 is 15.9 Å². The number of imide groups is 1. The van der Waals surface area contributed by atoms with Crippen molar-refractivity contribution >= 4 is 61.8 Å². The Balaban J connectivity index is 1.17. The number of ketones is 1. The van der Waals surface area contributed by atoms with Gasteiger partial charge in [-0.2, -0.15) is 0 Å². The van der Waals surface area contributed by atoms with Crippen LogP contribution in [0, 0.1) is 40.7 Å². The number of hydrogen-bond donors (Lipinski definition) is 0. The number of rotatable bonds is 7. The number of halogens is 1. The number of non-ortho nitro benzene ring substituents is 1. The number of Topliss-reactive ketones (excluding diaryl/α,β-unsaturated/α-hetero) is 1. The van der Waals surface area contributed by atoms with E-state index in [4.69, 9.17) is 9.72 Å². The zero-order valence-electron chi connectivity index (χ0n) is 24.7. The van der Waals surface area contributed by atoms with Crippen LogP contribution < -0.4 is 4.90 Å². The maximum atomic E-state index is 13.4. The molecule has 0 N–H and O–H groups in total. The predicted molar refractivity (Wildman–Crippen MR) is 172 cm³/mol. The lowest BCUT2D eigenvalue weighted by Crippen LogP contribution is -2.32. The summed E-state index contributed by atoms with van der Waals surface area (Å²) in [6.45, 7) is 3.28. The number of aryl methyl sites for hydroxylation is 1. The normalized spacial score (nSPS) is 21.5. The smallest absolute Gasteiger partial charge is 0.339 e. The molecule has 10 nitrogen and oxygen atoms in total. The van der Waals surface area contributed by atoms with Gasteiger partial charge in [0.05, 0.1) is 39.2 Å². The van der Waals surface area contributed by atoms with Crippen LogP contribution in [-0.2, 0) is 14.3 Å². The molecule has 2 fully saturated rings. The molecule has 1 aliphatic heterocycles. The Hall–Kier alpha value is -5.03. The highest BCUT2D eigenvalue weighted by Gasteiger charge is 2.60. The van der Waals surface area contributed by atoms with Crippen LogP contribution in [0.5, 0.6) is 0 Å². The molecule has 1 aromatic heterocycles. The van der Waals surface area contributed by atoms with E-state index >= 15 is 0 Å². The monoisotopic (exact) mass is 679 g/mol. The van der Waals surface area contributed by atoms with Crippen LogP contribution in [0.2, 0.25) is 0 Å². The minimum atomic E-state index is -0.764. The maximum absolute atomic E-state index is 13.4. The van der Waals surface area contributed by atoms with Gasteiger partial charge in [0, 0.05) is 33.1 Å². The zero-order chi connectivity index (χ0) is 32.4. The summed E-state index contributed by atoms with van der Waals surface area (Å²) in [6.07, 6.45) is 3.00. The van der Waals surface area contributed by atoms with E-state index in [2.05, 4.69) is 22.0 Å². The van der Waals surface area contributed by atoms with Gasteiger partial charge in [0.1, 0.15) is 0 Å². The molecular weight excluding hydrogens is 654 g/mol. The highest BCUT2D eigenvalue weighted by atomic mass is 79.9. The number of esters is 1. The van der Waals surface area contributed by atoms with Gasteiger partial charge in [0.15, 0.2) is 6.61 Å². The quantitative estimate of drug-likeness (QED) is 0.0531. The molecule has 230 valence electrons. The molecule has 7 rings (SSSR count). The maximum Gasteiger partial charge on any atom is 0.339 e. The van der Waals surface area contributed by atoms with E-state index in [1.54, 1.807) is 36.4 Å². The van der Waals surface area contributed by atoms with Crippen molar-refractivity contribution < 1.29 is 28.8 Å². The number of amides is 2. The van der Waals surface area contributed by atoms with Gasteiger partial charge in [0.2, 0.25) is 17.6 Å². The van der Waals surface area contributed by atoms with Crippen LogP contribution in [0.1, 0.15) is 39.6 Å². The average molecular weight is 681 g/mol. The number of fused-ring (bicyclic) bond motifs is 6. The van der Waals surface area contributed by atoms with Gasteiger partial charge in [0.25, 0.3) is 5.69 Å². The van der Waals surface area contributed by atoms with Crippen molar-refractivity contribution in [2.45, 2.75) is 20.3 Å². The van der Waals surface area contributed by atoms with Crippen LogP contribution in [0.3, 0.4) is 0 Å². The second kappa shape index (κ2) is 11.1. The number of aromatic nitrogens is 1. The third-order valence-corrected chi connectivity index (χ3v) is 9.76. The number of nitrogens with zero attached hydrogens (tertiary/aromatic N) is 3. The third-order valence-electron chi connectivity index (χ3n) is 9.30. The Labute approximate surface area is 271 Å². The Morgan fingerprint density at radius 3 is 2.50 bits per heavy atom. The molecule has 2 amide bonds. The SMILES string of the molecule is CC1=CC2CC1C1C(=O)N(c3ccc(-c4cc(C(=O)OCC(=O)c5cccc([N+](=O)[O-])c5)c5cc(Br)cc(C)c5n4)cc3)C(=O)C21. The van der Waals surface area contributed by atoms with Crippen molar-refractivity contribution in [1.82, 2.24) is 4.98 Å². The number of nitro groups is 1. The van der Waals surface area contributed by atoms with Gasteiger partial charge in [-0.05, 0) is 68.0 Å². The van der Waals surface area contributed by atoms with Crippen molar-refractivity contribution in [3.8, 4) is 11.3 Å². The Morgan fingerprint density at radius 2 is 1.76 bits per heavy atom. The van der Waals surface area contributed by atoms with Gasteiger partial charge in [-0.1, -0.05) is 51.8 Å². The summed E-state index contributed by atoms with van der Waals surface area (Å²) in [5.74, 6) is -2.03. The topological polar surface area (TPSA) is 137 Å². The number of benzene rings is 3. The Kier molecular flexibility index (Phi) is 7.16. The number of carbonyl (C=O) groups is 4. The first kappa shape index (κ1) is 29.7. The van der Waals surface area contributed by atoms with E-state index in [-0.39, 0.29) is 52.3 Å². The van der Waals surface area contributed by atoms with Crippen LogP contribution in [0.4, 0.5) is 11.4 Å². The molecule has 3 aromatic carbocycles. The van der Waals surface area contributed by atoms with Crippen molar-refractivity contribution in [2.24, 2.45) is 23.7 Å². The predicted octanol–water partition coefficient (Wildman–Crippen LogP) is 6.62. The van der Waals surface area contributed by atoms with Gasteiger partial charge in [-0.3, -0.25) is 29.4 Å². The molecule has 4 atom stereocenters. The van der Waals surface area contributed by atoms with Gasteiger partial charge < -0.3 is 4.74 Å². The molecule has 1 saturated heterocycles. The zero-order valence-corrected chi connectivity index (χ0v) is 26.3. The van der Waals surface area contributed by atoms with Crippen LogP contribution in [0.25, 0.3) is 22.2 Å². The Bertz CT molecular complexity index is 2060. The molecule has 0 radical (unpaired) electrons. The van der Waals surface area contributed by atoms with Crippen LogP contribution in [-0.4, -0.2) is 40.1 Å². The number of carbonyl (C=O) groups excluding carboxylic acids is 4. The first-order chi connectivity index (χ1) is 22.0. The standard InChI is InChI=1S/C35H26BrN3O7/c1-17-10-21-13-25(17)31-30(21)33(41)38(34(31)42)23-8-6-19(7-9-23)28-15-27(26-14-22(36)11-18(2)32(26)37-28)35(43)46-16-29(40)20-4-3-5-24(12-20)39(44)45/h3-12,14-15,21,25,30-31H,13,16H2,1-2H3. The molecule has 4 aromatic rings. The first-order valence-corrected chi connectivity index (χ1v) is 15.5. The summed E-state index contributed by atoms with van der Waals surface area (Å²) >= 11 is 3.47. The molecular formula is C35H26BrN3O7. The molecule has 1 saturated carbocycles. The highest BCUT2D eigenvalue weighted by Crippen LogP contribution is 2.56. The summed E-state index contributed by atoms with van der Waals surface area (Å²) < 4.78 is 6.14. The molecule has 46 heavy (non-hydrogen) atoms. The number of allylic oxidation sites excluding steroid dienone is 2. The minimum Gasteiger partial charge on any atom is -0.454 e. The molecule has 2 aliphatic carbocycles. The fourth-order valence-electron chi connectivity index (χ4n) is 7.17. The van der Waals surface area contributed by atoms with Crippen molar-refractivity contribution in [3.63, 3.8) is 0 Å². The van der Waals surface area contributed by atoms with Crippen LogP contribution in [0.15, 0.2) is 82.9 Å². The minimum absolute atomic E-state index is 0.0543. The number of pyridine rings is 1. The highest BCUT2D eigenvalue weighted by molar-refractivity contribution is 9.10. The largest absolute Gasteiger partial charge is 0.454 e. The van der Waals surface area contributed by atoms with Crippen molar-refractivity contribution in [2.75, 3.05) is 11.5 Å². The van der Waals surface area contributed by atoms with Gasteiger partial charge in [-0.15, -0.1) is 0 Å². The number of anilines is 1. The lowest BCUT2D eigenvalue weighted by molar-refractivity contribution is -0.384. The fraction of sp³-hybridized carbons (Fsp3) is 0.229. The second-order valence-corrected chi connectivity index (χ2v) is 12.9. The molecule has 0 spiro atoms. The average Bonchev–Trinajstić information content (AvgIpc) is 3.68. The lowest BCUT2D eigenvalue weighted by Gasteiger charge is -2.19. The molecule has 11 heteroatoms. The summed E-state index contributed by atoms with van der Waals surface area (Å²) in [5, 5.41) is 11.6. The molecule has 2 heterocycles. The van der Waals surface area contributed by atoms with Crippen molar-refractivity contribution in [1.29, 1.82) is 0 Å². The van der Waals surface area contributed by atoms with Crippen molar-refractivity contribution in [3.05, 3.63) is 110 Å². The molecule has 2 bridgehead atoms. The summed E-state index contributed by atoms with van der Waals surface area (Å²) in [6, 6.07) is 17.3. The van der Waals surface area contributed by atoms with E-state index in [0.29, 0.717) is 27.8 Å². The number of ether oxygens (including phenoxy) is 1. The van der Waals surface area contributed by atoms with Gasteiger partial charge in [-0.25, -0.2) is 9.78 Å². The lowest BCUT2D eigenvalue weighted by atomic mass is 9.82. The van der Waals surface area contributed by atoms with Gasteiger partial charge >= 0.3 is 5.97 Å². The van der Waals surface area contributed by atoms with E-state index < -0.39 is 23.3 Å². The molecule has 4 unspecified atom stereocenters. The number of hydrogen-bond acceptors (Lipinski definition) is 8. The van der Waals surface area contributed by atoms with E-state index in [0.717, 1.165) is 22.5 Å². The second-order valence-electron chi connectivity index (χ2n) is 12.0. The van der Waals surface area contributed by atoms with E-state index in [1.807, 2.05) is 19.9 Å². The Morgan fingerprint density at radius 1 is 1.02 bits per heavy atom. The fourth-order valence-corrected chi connectivity index (χ4v) is 7.74.